The molecule has 0 atom stereocenters. The molecule has 0 spiro atoms. The first-order valence-corrected chi connectivity index (χ1v) is 4.48. The van der Waals surface area contributed by atoms with Gasteiger partial charge in [0.1, 0.15) is 0 Å². The van der Waals surface area contributed by atoms with Crippen LogP contribution in [0.15, 0.2) is 54.6 Å². The van der Waals surface area contributed by atoms with Crippen LogP contribution >= 0.6 is 24.8 Å². The minimum Gasteiger partial charge on any atom is -0.147 e. The first kappa shape index (κ1) is 15.6. The second-order valence-electron chi connectivity index (χ2n) is 3.32. The molecule has 0 unspecified atom stereocenters. The van der Waals surface area contributed by atoms with E-state index in [4.69, 9.17) is 0 Å². The minimum absolute atomic E-state index is 0. The Morgan fingerprint density at radius 2 is 1.00 bits per heavy atom. The average molecular weight is 286 g/mol. The Balaban J connectivity index is 0.000000750. The number of fused-ring (bicyclic) bond motifs is 3. The van der Waals surface area contributed by atoms with E-state index in [-0.39, 0.29) is 46.5 Å². The molecule has 3 rings (SSSR count). The molecule has 0 heterocycles. The van der Waals surface area contributed by atoms with E-state index >= 15 is 0 Å². The molecule has 3 heteroatoms. The average Bonchev–Trinajstić information content (AvgIpc) is 2.56. The smallest absolute Gasteiger partial charge is 0 e. The Bertz CT molecular complexity index is 522. The Morgan fingerprint density at radius 1 is 0.625 bits per heavy atom. The zero-order chi connectivity index (χ0) is 8.67. The molecule has 0 nitrogen and oxygen atoms in total. The summed E-state index contributed by atoms with van der Waals surface area (Å²) in [5.74, 6) is 0. The van der Waals surface area contributed by atoms with Gasteiger partial charge in [0.15, 0.2) is 0 Å². The van der Waals surface area contributed by atoms with Crippen molar-refractivity contribution in [2.24, 2.45) is 0 Å². The molecule has 0 saturated carbocycles. The van der Waals surface area contributed by atoms with Gasteiger partial charge in [-0.1, -0.05) is 36.4 Å². The quantitative estimate of drug-likeness (QED) is 0.420. The van der Waals surface area contributed by atoms with Crippen LogP contribution in [0.2, 0.25) is 0 Å². The van der Waals surface area contributed by atoms with Gasteiger partial charge in [0.25, 0.3) is 0 Å². The van der Waals surface area contributed by atoms with Crippen molar-refractivity contribution in [2.75, 3.05) is 0 Å². The van der Waals surface area contributed by atoms with Crippen LogP contribution in [0.1, 0.15) is 0 Å². The van der Waals surface area contributed by atoms with Gasteiger partial charge < -0.3 is 0 Å². The van der Waals surface area contributed by atoms with Crippen LogP contribution in [0.25, 0.3) is 21.5 Å². The van der Waals surface area contributed by atoms with E-state index in [1.54, 1.807) is 0 Å². The molecule has 0 amide bonds. The SMILES string of the molecule is Cl.Cl.[Ti].c1ccc2c(c1)[cH-]c1ccccc12. The maximum Gasteiger partial charge on any atom is 0 e. The largest absolute Gasteiger partial charge is 0.147 e. The van der Waals surface area contributed by atoms with Gasteiger partial charge in [-0.15, -0.1) is 64.6 Å². The number of rotatable bonds is 0. The summed E-state index contributed by atoms with van der Waals surface area (Å²) in [5.41, 5.74) is 0. The third-order valence-corrected chi connectivity index (χ3v) is 2.52. The fraction of sp³-hybridized carbons (Fsp3) is 0. The molecule has 0 aromatic heterocycles. The summed E-state index contributed by atoms with van der Waals surface area (Å²) in [6.07, 6.45) is 0. The third kappa shape index (κ3) is 2.47. The van der Waals surface area contributed by atoms with Crippen molar-refractivity contribution in [1.29, 1.82) is 0 Å². The summed E-state index contributed by atoms with van der Waals surface area (Å²) in [6.45, 7) is 0. The molecular formula is C13H11Cl2Ti-. The van der Waals surface area contributed by atoms with Crippen molar-refractivity contribution >= 4 is 46.4 Å². The fourth-order valence-electron chi connectivity index (χ4n) is 1.90. The Kier molecular flexibility index (Phi) is 6.21. The molecule has 0 fully saturated rings. The molecule has 0 saturated heterocycles. The van der Waals surface area contributed by atoms with Gasteiger partial charge in [0.05, 0.1) is 0 Å². The zero-order valence-electron chi connectivity index (χ0n) is 8.51. The number of hydrogen-bond acceptors (Lipinski definition) is 0. The number of hydrogen-bond donors (Lipinski definition) is 0. The maximum absolute atomic E-state index is 2.24. The Hall–Kier alpha value is -0.396. The molecule has 3 aromatic carbocycles. The molecule has 16 heavy (non-hydrogen) atoms. The summed E-state index contributed by atoms with van der Waals surface area (Å²) in [5, 5.41) is 5.39. The third-order valence-electron chi connectivity index (χ3n) is 2.52. The monoisotopic (exact) mass is 285 g/mol. The van der Waals surface area contributed by atoms with Crippen LogP contribution < -0.4 is 0 Å². The van der Waals surface area contributed by atoms with Crippen molar-refractivity contribution in [1.82, 2.24) is 0 Å². The van der Waals surface area contributed by atoms with Gasteiger partial charge in [-0.2, -0.15) is 0 Å². The van der Waals surface area contributed by atoms with Gasteiger partial charge in [-0.25, -0.2) is 0 Å². The first-order chi connectivity index (χ1) is 6.45. The van der Waals surface area contributed by atoms with Crippen molar-refractivity contribution < 1.29 is 21.7 Å². The van der Waals surface area contributed by atoms with Crippen molar-refractivity contribution in [3.8, 4) is 0 Å². The number of benzene rings is 2. The minimum atomic E-state index is 0. The topological polar surface area (TPSA) is 0 Å². The van der Waals surface area contributed by atoms with E-state index in [2.05, 4.69) is 54.6 Å². The van der Waals surface area contributed by atoms with Crippen molar-refractivity contribution in [3.63, 3.8) is 0 Å². The molecule has 3 aromatic rings. The summed E-state index contributed by atoms with van der Waals surface area (Å²) in [6, 6.07) is 19.3. The normalized spacial score (nSPS) is 9.00. The molecule has 0 radical (unpaired) electrons. The molecule has 82 valence electrons. The van der Waals surface area contributed by atoms with Gasteiger partial charge in [0.2, 0.25) is 0 Å². The molecule has 0 aliphatic heterocycles. The van der Waals surface area contributed by atoms with Crippen LogP contribution in [-0.4, -0.2) is 0 Å². The maximum atomic E-state index is 2.24. The molecule has 0 bridgehead atoms. The van der Waals surface area contributed by atoms with E-state index in [9.17, 15) is 0 Å². The van der Waals surface area contributed by atoms with Crippen molar-refractivity contribution in [2.45, 2.75) is 0 Å². The Morgan fingerprint density at radius 3 is 1.44 bits per heavy atom. The van der Waals surface area contributed by atoms with E-state index in [1.807, 2.05) is 0 Å². The second kappa shape index (κ2) is 6.37. The van der Waals surface area contributed by atoms with Crippen molar-refractivity contribution in [3.05, 3.63) is 54.6 Å². The predicted molar refractivity (Wildman–Crippen MR) is 71.5 cm³/mol. The van der Waals surface area contributed by atoms with Crippen LogP contribution in [-0.2, 0) is 21.7 Å². The molecule has 0 N–H and O–H groups in total. The van der Waals surface area contributed by atoms with Crippen LogP contribution in [0.4, 0.5) is 0 Å². The fourth-order valence-corrected chi connectivity index (χ4v) is 1.90. The van der Waals surface area contributed by atoms with Gasteiger partial charge in [-0.05, 0) is 0 Å². The first-order valence-electron chi connectivity index (χ1n) is 4.48. The molecule has 0 aliphatic rings. The van der Waals surface area contributed by atoms with Gasteiger partial charge in [-0.3, -0.25) is 0 Å². The van der Waals surface area contributed by atoms with E-state index in [1.165, 1.54) is 21.5 Å². The van der Waals surface area contributed by atoms with Crippen LogP contribution in [0.5, 0.6) is 0 Å². The molecule has 0 aliphatic carbocycles. The zero-order valence-corrected chi connectivity index (χ0v) is 11.7. The number of halogens is 2. The standard InChI is InChI=1S/C13H9.2ClH.Ti/c1-3-7-12-10(5-1)9-11-6-2-4-8-13(11)12;;;/h1-9H;2*1H;/q-1;;;. The molecular weight excluding hydrogens is 275 g/mol. The summed E-state index contributed by atoms with van der Waals surface area (Å²) < 4.78 is 0. The van der Waals surface area contributed by atoms with Crippen LogP contribution in [0.3, 0.4) is 0 Å². The van der Waals surface area contributed by atoms with Crippen LogP contribution in [0, 0.1) is 0 Å². The second-order valence-corrected chi connectivity index (χ2v) is 3.32. The summed E-state index contributed by atoms with van der Waals surface area (Å²) in [7, 11) is 0. The van der Waals surface area contributed by atoms with Gasteiger partial charge in [0, 0.05) is 21.7 Å². The van der Waals surface area contributed by atoms with E-state index < -0.39 is 0 Å². The van der Waals surface area contributed by atoms with E-state index in [0.717, 1.165) is 0 Å². The van der Waals surface area contributed by atoms with Gasteiger partial charge >= 0.3 is 0 Å². The predicted octanol–water partition coefficient (Wildman–Crippen LogP) is 4.55. The Labute approximate surface area is 122 Å². The summed E-state index contributed by atoms with van der Waals surface area (Å²) in [4.78, 5) is 0. The summed E-state index contributed by atoms with van der Waals surface area (Å²) >= 11 is 0. The van der Waals surface area contributed by atoms with E-state index in [0.29, 0.717) is 0 Å².